The van der Waals surface area contributed by atoms with Crippen LogP contribution in [0.1, 0.15) is 16.8 Å². The van der Waals surface area contributed by atoms with Gasteiger partial charge >= 0.3 is 0 Å². The van der Waals surface area contributed by atoms with Gasteiger partial charge in [0, 0.05) is 18.3 Å². The predicted octanol–water partition coefficient (Wildman–Crippen LogP) is 2.45. The Labute approximate surface area is 66.4 Å². The maximum absolute atomic E-state index is 3.26. The van der Waals surface area contributed by atoms with Crippen molar-refractivity contribution < 1.29 is 0 Å². The maximum atomic E-state index is 3.26. The molecule has 0 aromatic carbocycles. The van der Waals surface area contributed by atoms with Crippen LogP contribution in [0, 0.1) is 6.92 Å². The van der Waals surface area contributed by atoms with E-state index in [-0.39, 0.29) is 0 Å². The van der Waals surface area contributed by atoms with Gasteiger partial charge < -0.3 is 4.98 Å². The van der Waals surface area contributed by atoms with Crippen molar-refractivity contribution in [1.82, 2.24) is 4.98 Å². The van der Waals surface area contributed by atoms with Crippen molar-refractivity contribution in [1.29, 1.82) is 0 Å². The number of aryl methyl sites for hydroxylation is 1. The molecule has 0 saturated heterocycles. The van der Waals surface area contributed by atoms with Gasteiger partial charge in [-0.1, -0.05) is 24.3 Å². The molecule has 0 amide bonds. The Morgan fingerprint density at radius 3 is 3.18 bits per heavy atom. The van der Waals surface area contributed by atoms with Gasteiger partial charge in [0.25, 0.3) is 0 Å². The highest BCUT2D eigenvalue weighted by atomic mass is 14.7. The highest BCUT2D eigenvalue weighted by Crippen LogP contribution is 2.17. The number of hydrogen-bond donors (Lipinski definition) is 1. The van der Waals surface area contributed by atoms with Gasteiger partial charge in [0.05, 0.1) is 0 Å². The summed E-state index contributed by atoms with van der Waals surface area (Å²) in [7, 11) is 0. The first-order valence-electron chi connectivity index (χ1n) is 3.88. The summed E-state index contributed by atoms with van der Waals surface area (Å²) in [6, 6.07) is 0. The molecule has 0 atom stereocenters. The van der Waals surface area contributed by atoms with Crippen LogP contribution in [-0.2, 0) is 6.42 Å². The smallest absolute Gasteiger partial charge is 0.0261 e. The van der Waals surface area contributed by atoms with Crippen LogP contribution in [0.5, 0.6) is 0 Å². The summed E-state index contributed by atoms with van der Waals surface area (Å²) in [5, 5.41) is 0. The Morgan fingerprint density at radius 1 is 1.36 bits per heavy atom. The largest absolute Gasteiger partial charge is 0.364 e. The van der Waals surface area contributed by atoms with Crippen LogP contribution in [0.4, 0.5) is 0 Å². The molecule has 56 valence electrons. The van der Waals surface area contributed by atoms with Crippen molar-refractivity contribution in [3.63, 3.8) is 0 Å². The summed E-state index contributed by atoms with van der Waals surface area (Å²) in [5.74, 6) is 0. The van der Waals surface area contributed by atoms with Crippen molar-refractivity contribution in [2.45, 2.75) is 13.3 Å². The lowest BCUT2D eigenvalue weighted by Gasteiger charge is -1.93. The van der Waals surface area contributed by atoms with Crippen LogP contribution in [0.25, 0.3) is 6.08 Å². The molecule has 0 fully saturated rings. The first-order chi connectivity index (χ1) is 5.38. The second-order valence-electron chi connectivity index (χ2n) is 2.86. The van der Waals surface area contributed by atoms with Crippen LogP contribution in [0.15, 0.2) is 24.4 Å². The Kier molecular flexibility index (Phi) is 1.42. The van der Waals surface area contributed by atoms with Gasteiger partial charge in [0.1, 0.15) is 0 Å². The zero-order valence-corrected chi connectivity index (χ0v) is 6.59. The number of aromatic amines is 1. The van der Waals surface area contributed by atoms with Crippen molar-refractivity contribution in [3.05, 3.63) is 41.2 Å². The number of aromatic nitrogens is 1. The first-order valence-corrected chi connectivity index (χ1v) is 3.88. The molecule has 2 rings (SSSR count). The topological polar surface area (TPSA) is 15.8 Å². The molecule has 1 N–H and O–H groups in total. The summed E-state index contributed by atoms with van der Waals surface area (Å²) in [4.78, 5) is 3.26. The van der Waals surface area contributed by atoms with E-state index in [1.807, 2.05) is 0 Å². The molecule has 0 bridgehead atoms. The molecule has 1 aromatic rings. The van der Waals surface area contributed by atoms with Gasteiger partial charge in [-0.15, -0.1) is 0 Å². The summed E-state index contributed by atoms with van der Waals surface area (Å²) >= 11 is 0. The number of fused-ring (bicyclic) bond motifs is 1. The molecule has 0 radical (unpaired) electrons. The SMILES string of the molecule is Cc1c[nH]c2c1C=CC=CC2. The van der Waals surface area contributed by atoms with Crippen LogP contribution in [-0.4, -0.2) is 4.98 Å². The standard InChI is InChI=1S/C10H11N/c1-8-7-11-10-6-4-2-3-5-9(8)10/h2-5,7,11H,6H2,1H3. The number of H-pyrrole nitrogens is 1. The van der Waals surface area contributed by atoms with E-state index in [1.165, 1.54) is 16.8 Å². The van der Waals surface area contributed by atoms with E-state index >= 15 is 0 Å². The van der Waals surface area contributed by atoms with E-state index in [1.54, 1.807) is 0 Å². The minimum atomic E-state index is 1.02. The third-order valence-corrected chi connectivity index (χ3v) is 2.04. The Hall–Kier alpha value is -1.24. The third kappa shape index (κ3) is 1.03. The van der Waals surface area contributed by atoms with Crippen molar-refractivity contribution in [2.75, 3.05) is 0 Å². The van der Waals surface area contributed by atoms with Crippen molar-refractivity contribution >= 4 is 6.08 Å². The molecular formula is C10H11N. The van der Waals surface area contributed by atoms with Gasteiger partial charge in [0.15, 0.2) is 0 Å². The van der Waals surface area contributed by atoms with E-state index in [0.717, 1.165) is 6.42 Å². The fourth-order valence-corrected chi connectivity index (χ4v) is 1.41. The second-order valence-corrected chi connectivity index (χ2v) is 2.86. The van der Waals surface area contributed by atoms with Crippen LogP contribution < -0.4 is 0 Å². The predicted molar refractivity (Wildman–Crippen MR) is 47.4 cm³/mol. The van der Waals surface area contributed by atoms with Gasteiger partial charge in [-0.25, -0.2) is 0 Å². The Morgan fingerprint density at radius 2 is 2.27 bits per heavy atom. The summed E-state index contributed by atoms with van der Waals surface area (Å²) in [6.45, 7) is 2.13. The minimum Gasteiger partial charge on any atom is -0.364 e. The lowest BCUT2D eigenvalue weighted by atomic mass is 10.1. The third-order valence-electron chi connectivity index (χ3n) is 2.04. The average molecular weight is 145 g/mol. The molecule has 1 aliphatic rings. The molecular weight excluding hydrogens is 134 g/mol. The van der Waals surface area contributed by atoms with Gasteiger partial charge in [-0.3, -0.25) is 0 Å². The first kappa shape index (κ1) is 6.47. The van der Waals surface area contributed by atoms with Crippen LogP contribution in [0.2, 0.25) is 0 Å². The van der Waals surface area contributed by atoms with E-state index in [0.29, 0.717) is 0 Å². The molecule has 1 nitrogen and oxygen atoms in total. The normalized spacial score (nSPS) is 14.6. The summed E-state index contributed by atoms with van der Waals surface area (Å²) in [5.41, 5.74) is 4.02. The Bertz CT molecular complexity index is 316. The van der Waals surface area contributed by atoms with E-state index in [2.05, 4.69) is 42.4 Å². The quantitative estimate of drug-likeness (QED) is 0.577. The summed E-state index contributed by atoms with van der Waals surface area (Å²) < 4.78 is 0. The average Bonchev–Trinajstić information content (AvgIpc) is 2.25. The zero-order valence-electron chi connectivity index (χ0n) is 6.59. The maximum Gasteiger partial charge on any atom is 0.0261 e. The second kappa shape index (κ2) is 2.42. The molecule has 1 aliphatic carbocycles. The minimum absolute atomic E-state index is 1.02. The number of allylic oxidation sites excluding steroid dienone is 3. The lowest BCUT2D eigenvalue weighted by Crippen LogP contribution is -1.82. The van der Waals surface area contributed by atoms with E-state index in [9.17, 15) is 0 Å². The Balaban J connectivity index is 2.55. The molecule has 0 unspecified atom stereocenters. The zero-order chi connectivity index (χ0) is 7.68. The van der Waals surface area contributed by atoms with Crippen LogP contribution in [0.3, 0.4) is 0 Å². The molecule has 0 aliphatic heterocycles. The van der Waals surface area contributed by atoms with E-state index in [4.69, 9.17) is 0 Å². The monoisotopic (exact) mass is 145 g/mol. The number of rotatable bonds is 0. The van der Waals surface area contributed by atoms with Crippen LogP contribution >= 0.6 is 0 Å². The highest BCUT2D eigenvalue weighted by Gasteiger charge is 2.03. The molecule has 11 heavy (non-hydrogen) atoms. The molecule has 1 heteroatoms. The number of nitrogens with one attached hydrogen (secondary N) is 1. The molecule has 1 aromatic heterocycles. The van der Waals surface area contributed by atoms with Gasteiger partial charge in [0.2, 0.25) is 0 Å². The van der Waals surface area contributed by atoms with E-state index < -0.39 is 0 Å². The summed E-state index contributed by atoms with van der Waals surface area (Å²) in [6.07, 6.45) is 11.6. The molecule has 0 spiro atoms. The van der Waals surface area contributed by atoms with Gasteiger partial charge in [-0.05, 0) is 18.1 Å². The number of hydrogen-bond acceptors (Lipinski definition) is 0. The molecule has 1 heterocycles. The fourth-order valence-electron chi connectivity index (χ4n) is 1.41. The lowest BCUT2D eigenvalue weighted by molar-refractivity contribution is 1.15. The highest BCUT2D eigenvalue weighted by molar-refractivity contribution is 5.59. The van der Waals surface area contributed by atoms with Gasteiger partial charge in [-0.2, -0.15) is 0 Å². The van der Waals surface area contributed by atoms with Crippen molar-refractivity contribution in [3.8, 4) is 0 Å². The van der Waals surface area contributed by atoms with Crippen molar-refractivity contribution in [2.24, 2.45) is 0 Å². The fraction of sp³-hybridized carbons (Fsp3) is 0.200. The molecule has 0 saturated carbocycles.